The van der Waals surface area contributed by atoms with Crippen molar-refractivity contribution in [1.29, 1.82) is 0 Å². The van der Waals surface area contributed by atoms with Crippen molar-refractivity contribution in [1.82, 2.24) is 5.32 Å². The number of carbonyl (C=O) groups excluding carboxylic acids is 2. The average molecular weight is 571 g/mol. The predicted molar refractivity (Wildman–Crippen MR) is 147 cm³/mol. The van der Waals surface area contributed by atoms with Gasteiger partial charge in [0.15, 0.2) is 34.9 Å². The van der Waals surface area contributed by atoms with Crippen LogP contribution in [0.1, 0.15) is 41.4 Å². The highest BCUT2D eigenvalue weighted by molar-refractivity contribution is 5.96. The number of rotatable bonds is 12. The number of benzene rings is 2. The Morgan fingerprint density at radius 3 is 1.78 bits per heavy atom. The van der Waals surface area contributed by atoms with Crippen LogP contribution >= 0.6 is 0 Å². The number of nitrogens with one attached hydrogen (secondary N) is 1. The van der Waals surface area contributed by atoms with Crippen molar-refractivity contribution < 1.29 is 47.8 Å². The molecule has 0 bridgehead atoms. The molecule has 0 fully saturated rings. The standard InChI is InChI=1S/C29H34N2O10/c1-16(30-28(33)24-25(32)20(36-3)14-15-31(24)35)29(34)41-17(2)23(18-10-8-12-21(37-4)26(18)39-6)19-11-9-13-22(38-5)27(19)40-7/h8-17,23,32H,1-7H3,(H,30,33)/t16-,17-/m0/s1. The van der Waals surface area contributed by atoms with Gasteiger partial charge in [0.25, 0.3) is 0 Å². The van der Waals surface area contributed by atoms with Gasteiger partial charge in [0.1, 0.15) is 12.1 Å². The van der Waals surface area contributed by atoms with Crippen LogP contribution in [0.25, 0.3) is 0 Å². The van der Waals surface area contributed by atoms with Gasteiger partial charge in [0.05, 0.1) is 41.5 Å². The zero-order valence-electron chi connectivity index (χ0n) is 23.9. The van der Waals surface area contributed by atoms with Gasteiger partial charge in [0, 0.05) is 17.2 Å². The van der Waals surface area contributed by atoms with Crippen LogP contribution in [0.4, 0.5) is 0 Å². The highest BCUT2D eigenvalue weighted by atomic mass is 16.5. The van der Waals surface area contributed by atoms with Gasteiger partial charge in [-0.05, 0) is 26.0 Å². The molecule has 41 heavy (non-hydrogen) atoms. The van der Waals surface area contributed by atoms with Crippen LogP contribution in [0.3, 0.4) is 0 Å². The third kappa shape index (κ3) is 6.32. The number of aromatic nitrogens is 1. The summed E-state index contributed by atoms with van der Waals surface area (Å²) in [5, 5.41) is 24.9. The lowest BCUT2D eigenvalue weighted by molar-refractivity contribution is -0.608. The first-order chi connectivity index (χ1) is 19.6. The number of amides is 1. The molecule has 2 N–H and O–H groups in total. The summed E-state index contributed by atoms with van der Waals surface area (Å²) in [4.78, 5) is 26.0. The van der Waals surface area contributed by atoms with Crippen molar-refractivity contribution in [3.05, 3.63) is 70.7 Å². The molecule has 0 radical (unpaired) electrons. The zero-order chi connectivity index (χ0) is 30.3. The number of pyridine rings is 1. The Hall–Kier alpha value is -4.87. The average Bonchev–Trinajstić information content (AvgIpc) is 2.96. The fraction of sp³-hybridized carbons (Fsp3) is 0.345. The van der Waals surface area contributed by atoms with Gasteiger partial charge in [-0.2, -0.15) is 4.73 Å². The minimum atomic E-state index is -1.20. The summed E-state index contributed by atoms with van der Waals surface area (Å²) >= 11 is 0. The Morgan fingerprint density at radius 2 is 1.32 bits per heavy atom. The van der Waals surface area contributed by atoms with E-state index in [1.807, 2.05) is 12.1 Å². The Bertz CT molecular complexity index is 1340. The van der Waals surface area contributed by atoms with Crippen LogP contribution in [0.15, 0.2) is 48.7 Å². The fourth-order valence-corrected chi connectivity index (χ4v) is 4.55. The molecule has 0 aliphatic heterocycles. The summed E-state index contributed by atoms with van der Waals surface area (Å²) in [7, 11) is 7.32. The van der Waals surface area contributed by atoms with E-state index in [1.165, 1.54) is 48.5 Å². The highest BCUT2D eigenvalue weighted by Gasteiger charge is 2.34. The number of hydrogen-bond donors (Lipinski definition) is 2. The van der Waals surface area contributed by atoms with Crippen LogP contribution in [0.2, 0.25) is 0 Å². The third-order valence-corrected chi connectivity index (χ3v) is 6.48. The molecule has 12 heteroatoms. The topological polar surface area (TPSA) is 149 Å². The number of aromatic hydroxyl groups is 1. The summed E-state index contributed by atoms with van der Waals surface area (Å²) in [6.45, 7) is 3.08. The molecule has 0 saturated heterocycles. The van der Waals surface area contributed by atoms with Gasteiger partial charge in [-0.25, -0.2) is 4.79 Å². The van der Waals surface area contributed by atoms with E-state index >= 15 is 0 Å². The molecule has 1 aromatic heterocycles. The summed E-state index contributed by atoms with van der Waals surface area (Å²) in [6.07, 6.45) is 0.171. The molecular formula is C29H34N2O10. The van der Waals surface area contributed by atoms with E-state index in [-0.39, 0.29) is 10.5 Å². The molecule has 3 rings (SSSR count). The maximum atomic E-state index is 13.2. The first kappa shape index (κ1) is 30.7. The minimum absolute atomic E-state index is 0.0755. The Morgan fingerprint density at radius 1 is 0.805 bits per heavy atom. The van der Waals surface area contributed by atoms with Crippen LogP contribution in [-0.4, -0.2) is 64.7 Å². The van der Waals surface area contributed by atoms with Gasteiger partial charge in [-0.3, -0.25) is 4.79 Å². The molecule has 0 saturated carbocycles. The molecule has 0 spiro atoms. The Balaban J connectivity index is 1.97. The van der Waals surface area contributed by atoms with E-state index in [0.29, 0.717) is 34.1 Å². The van der Waals surface area contributed by atoms with Crippen molar-refractivity contribution in [2.45, 2.75) is 31.9 Å². The van der Waals surface area contributed by atoms with E-state index in [4.69, 9.17) is 28.4 Å². The van der Waals surface area contributed by atoms with Gasteiger partial charge < -0.3 is 44.1 Å². The summed E-state index contributed by atoms with van der Waals surface area (Å²) < 4.78 is 33.3. The van der Waals surface area contributed by atoms with Gasteiger partial charge in [-0.15, -0.1) is 0 Å². The first-order valence-electron chi connectivity index (χ1n) is 12.6. The molecule has 220 valence electrons. The minimum Gasteiger partial charge on any atom is -0.618 e. The molecule has 2 atom stereocenters. The Labute approximate surface area is 237 Å². The van der Waals surface area contributed by atoms with Crippen molar-refractivity contribution in [3.8, 4) is 34.5 Å². The van der Waals surface area contributed by atoms with E-state index < -0.39 is 41.4 Å². The second-order valence-corrected chi connectivity index (χ2v) is 8.89. The molecule has 12 nitrogen and oxygen atoms in total. The number of ether oxygens (including phenoxy) is 6. The van der Waals surface area contributed by atoms with Gasteiger partial charge >= 0.3 is 17.6 Å². The van der Waals surface area contributed by atoms with Crippen LogP contribution in [0.5, 0.6) is 34.5 Å². The normalized spacial score (nSPS) is 12.2. The molecule has 0 aliphatic carbocycles. The van der Waals surface area contributed by atoms with Gasteiger partial charge in [-0.1, -0.05) is 24.3 Å². The number of hydrogen-bond acceptors (Lipinski definition) is 10. The molecule has 0 unspecified atom stereocenters. The summed E-state index contributed by atoms with van der Waals surface area (Å²) in [5.74, 6) is -1.35. The molecule has 1 heterocycles. The highest BCUT2D eigenvalue weighted by Crippen LogP contribution is 2.45. The van der Waals surface area contributed by atoms with Crippen LogP contribution in [-0.2, 0) is 9.53 Å². The monoisotopic (exact) mass is 570 g/mol. The second kappa shape index (κ2) is 13.5. The maximum Gasteiger partial charge on any atom is 0.328 e. The summed E-state index contributed by atoms with van der Waals surface area (Å²) in [6, 6.07) is 10.7. The predicted octanol–water partition coefficient (Wildman–Crippen LogP) is 2.95. The van der Waals surface area contributed by atoms with E-state index in [9.17, 15) is 19.9 Å². The number of methoxy groups -OCH3 is 5. The number of nitrogens with zero attached hydrogens (tertiary/aromatic N) is 1. The molecule has 0 aliphatic rings. The molecular weight excluding hydrogens is 536 g/mol. The number of esters is 1. The van der Waals surface area contributed by atoms with Crippen LogP contribution in [0, 0.1) is 5.21 Å². The number of para-hydroxylation sites is 2. The SMILES string of the molecule is COc1cc[n+]([O-])c(C(=O)N[C@@H](C)C(=O)O[C@@H](C)C(c2cccc(OC)c2OC)c2cccc(OC)c2OC)c1O. The largest absolute Gasteiger partial charge is 0.618 e. The van der Waals surface area contributed by atoms with Crippen molar-refractivity contribution >= 4 is 11.9 Å². The molecule has 3 aromatic rings. The van der Waals surface area contributed by atoms with Crippen molar-refractivity contribution in [2.75, 3.05) is 35.5 Å². The summed E-state index contributed by atoms with van der Waals surface area (Å²) in [5.41, 5.74) is 0.658. The van der Waals surface area contributed by atoms with E-state index in [1.54, 1.807) is 31.2 Å². The quantitative estimate of drug-likeness (QED) is 0.189. The van der Waals surface area contributed by atoms with Crippen molar-refractivity contribution in [2.24, 2.45) is 0 Å². The number of carbonyl (C=O) groups is 2. The lowest BCUT2D eigenvalue weighted by Crippen LogP contribution is -2.46. The third-order valence-electron chi connectivity index (χ3n) is 6.48. The lowest BCUT2D eigenvalue weighted by atomic mass is 9.85. The molecule has 1 amide bonds. The van der Waals surface area contributed by atoms with Crippen LogP contribution < -0.4 is 33.7 Å². The smallest absolute Gasteiger partial charge is 0.328 e. The molecule has 2 aromatic carbocycles. The Kier molecular flexibility index (Phi) is 10.1. The first-order valence-corrected chi connectivity index (χ1v) is 12.6. The van der Waals surface area contributed by atoms with Crippen molar-refractivity contribution in [3.63, 3.8) is 0 Å². The second-order valence-electron chi connectivity index (χ2n) is 8.89. The maximum absolute atomic E-state index is 13.2. The van der Waals surface area contributed by atoms with E-state index in [2.05, 4.69) is 5.32 Å². The fourth-order valence-electron chi connectivity index (χ4n) is 4.55. The lowest BCUT2D eigenvalue weighted by Gasteiger charge is -2.29. The zero-order valence-corrected chi connectivity index (χ0v) is 23.9. The van der Waals surface area contributed by atoms with Gasteiger partial charge in [0.2, 0.25) is 5.75 Å². The van der Waals surface area contributed by atoms with E-state index in [0.717, 1.165) is 6.20 Å².